The highest BCUT2D eigenvalue weighted by atomic mass is 16.2. The van der Waals surface area contributed by atoms with Crippen molar-refractivity contribution in [3.8, 4) is 0 Å². The number of piperidine rings is 1. The van der Waals surface area contributed by atoms with Gasteiger partial charge in [0.05, 0.1) is 6.04 Å². The number of fused-ring (bicyclic) bond motifs is 2. The maximum Gasteiger partial charge on any atom is 0.244 e. The van der Waals surface area contributed by atoms with Crippen LogP contribution in [0.5, 0.6) is 0 Å². The number of benzene rings is 1. The highest BCUT2D eigenvalue weighted by molar-refractivity contribution is 5.99. The number of nitrogens with two attached hydrogens (primary N) is 1. The lowest BCUT2D eigenvalue weighted by Crippen LogP contribution is -2.70. The molecule has 2 unspecified atom stereocenters. The zero-order chi connectivity index (χ0) is 11.8. The number of anilines is 1. The Labute approximate surface area is 101 Å². The molecule has 0 radical (unpaired) electrons. The SMILES string of the molecule is NCCc1ccc(N2CC3CC(N3)C2=O)cc1. The van der Waals surface area contributed by atoms with E-state index in [0.29, 0.717) is 12.6 Å². The summed E-state index contributed by atoms with van der Waals surface area (Å²) >= 11 is 0. The molecule has 3 fully saturated rings. The molecule has 3 aliphatic heterocycles. The molecule has 0 aromatic heterocycles. The summed E-state index contributed by atoms with van der Waals surface area (Å²) in [6, 6.07) is 8.70. The van der Waals surface area contributed by atoms with E-state index in [4.69, 9.17) is 5.73 Å². The third kappa shape index (κ3) is 1.83. The highest BCUT2D eigenvalue weighted by Gasteiger charge is 2.43. The second kappa shape index (κ2) is 4.13. The monoisotopic (exact) mass is 231 g/mol. The number of carbonyl (C=O) groups is 1. The van der Waals surface area contributed by atoms with E-state index in [2.05, 4.69) is 17.4 Å². The van der Waals surface area contributed by atoms with Gasteiger partial charge in [-0.2, -0.15) is 0 Å². The molecule has 0 saturated carbocycles. The molecule has 3 N–H and O–H groups in total. The number of hydrogen-bond acceptors (Lipinski definition) is 3. The molecule has 4 heteroatoms. The van der Waals surface area contributed by atoms with E-state index in [0.717, 1.165) is 25.1 Å². The Morgan fingerprint density at radius 1 is 1.35 bits per heavy atom. The molecule has 4 nitrogen and oxygen atoms in total. The molecule has 1 aromatic rings. The van der Waals surface area contributed by atoms with Crippen LogP contribution < -0.4 is 16.0 Å². The molecule has 3 saturated heterocycles. The van der Waals surface area contributed by atoms with Crippen molar-refractivity contribution in [1.82, 2.24) is 5.32 Å². The zero-order valence-electron chi connectivity index (χ0n) is 9.73. The molecule has 3 aliphatic rings. The third-order valence-electron chi connectivity index (χ3n) is 3.61. The smallest absolute Gasteiger partial charge is 0.244 e. The van der Waals surface area contributed by atoms with E-state index >= 15 is 0 Å². The Hall–Kier alpha value is -1.39. The lowest BCUT2D eigenvalue weighted by molar-refractivity contribution is -0.125. The maximum atomic E-state index is 12.0. The van der Waals surface area contributed by atoms with E-state index in [9.17, 15) is 4.79 Å². The van der Waals surface area contributed by atoms with Crippen LogP contribution in [0.4, 0.5) is 5.69 Å². The van der Waals surface area contributed by atoms with Crippen LogP contribution in [-0.2, 0) is 11.2 Å². The zero-order valence-corrected chi connectivity index (χ0v) is 9.73. The Morgan fingerprint density at radius 3 is 2.65 bits per heavy atom. The number of carbonyl (C=O) groups excluding carboxylic acids is 1. The Morgan fingerprint density at radius 2 is 2.06 bits per heavy atom. The fourth-order valence-electron chi connectivity index (χ4n) is 2.58. The van der Waals surface area contributed by atoms with Gasteiger partial charge >= 0.3 is 0 Å². The minimum atomic E-state index is 0.0532. The van der Waals surface area contributed by atoms with Crippen LogP contribution in [0.3, 0.4) is 0 Å². The van der Waals surface area contributed by atoms with Gasteiger partial charge in [0, 0.05) is 18.3 Å². The summed E-state index contributed by atoms with van der Waals surface area (Å²) in [6.07, 6.45) is 1.89. The first-order valence-electron chi connectivity index (χ1n) is 6.14. The Kier molecular flexibility index (Phi) is 2.61. The summed E-state index contributed by atoms with van der Waals surface area (Å²) in [5, 5.41) is 3.25. The minimum absolute atomic E-state index is 0.0532. The average molecular weight is 231 g/mol. The van der Waals surface area contributed by atoms with Crippen LogP contribution in [0.15, 0.2) is 24.3 Å². The molecule has 90 valence electrons. The maximum absolute atomic E-state index is 12.0. The number of nitrogens with one attached hydrogen (secondary N) is 1. The van der Waals surface area contributed by atoms with Gasteiger partial charge in [-0.05, 0) is 37.1 Å². The number of amides is 1. The second-order valence-corrected chi connectivity index (χ2v) is 4.81. The number of hydrogen-bond donors (Lipinski definition) is 2. The van der Waals surface area contributed by atoms with Gasteiger partial charge in [0.1, 0.15) is 0 Å². The number of nitrogens with zero attached hydrogens (tertiary/aromatic N) is 1. The van der Waals surface area contributed by atoms with Crippen molar-refractivity contribution in [2.75, 3.05) is 18.0 Å². The standard InChI is InChI=1S/C13H17N3O/c14-6-5-9-1-3-11(4-2-9)16-8-10-7-12(15-10)13(16)17/h1-4,10,12,15H,5-8,14H2. The van der Waals surface area contributed by atoms with Crippen molar-refractivity contribution in [2.45, 2.75) is 24.9 Å². The van der Waals surface area contributed by atoms with Gasteiger partial charge in [-0.3, -0.25) is 4.79 Å². The van der Waals surface area contributed by atoms with Crippen LogP contribution in [0.2, 0.25) is 0 Å². The molecule has 17 heavy (non-hydrogen) atoms. The van der Waals surface area contributed by atoms with E-state index in [-0.39, 0.29) is 11.9 Å². The van der Waals surface area contributed by atoms with Crippen LogP contribution in [0.25, 0.3) is 0 Å². The fourth-order valence-corrected chi connectivity index (χ4v) is 2.58. The van der Waals surface area contributed by atoms with Crippen molar-refractivity contribution in [1.29, 1.82) is 0 Å². The molecule has 2 bridgehead atoms. The molecule has 1 amide bonds. The topological polar surface area (TPSA) is 58.4 Å². The largest absolute Gasteiger partial charge is 0.330 e. The summed E-state index contributed by atoms with van der Waals surface area (Å²) in [5.74, 6) is 0.207. The van der Waals surface area contributed by atoms with Crippen molar-refractivity contribution < 1.29 is 4.79 Å². The second-order valence-electron chi connectivity index (χ2n) is 4.81. The van der Waals surface area contributed by atoms with E-state index in [1.54, 1.807) is 0 Å². The first kappa shape index (κ1) is 10.7. The van der Waals surface area contributed by atoms with Gasteiger partial charge < -0.3 is 16.0 Å². The van der Waals surface area contributed by atoms with Gasteiger partial charge in [0.15, 0.2) is 0 Å². The summed E-state index contributed by atoms with van der Waals surface area (Å²) in [4.78, 5) is 13.9. The highest BCUT2D eigenvalue weighted by Crippen LogP contribution is 2.27. The molecule has 1 aromatic carbocycles. The molecule has 4 rings (SSSR count). The molecule has 0 spiro atoms. The lowest BCUT2D eigenvalue weighted by Gasteiger charge is -2.47. The van der Waals surface area contributed by atoms with Gasteiger partial charge in [0.25, 0.3) is 0 Å². The molecule has 3 heterocycles. The predicted octanol–water partition coefficient (Wildman–Crippen LogP) is 0.265. The minimum Gasteiger partial charge on any atom is -0.330 e. The van der Waals surface area contributed by atoms with E-state index < -0.39 is 0 Å². The molecule has 0 aliphatic carbocycles. The first-order chi connectivity index (χ1) is 8.28. The summed E-state index contributed by atoms with van der Waals surface area (Å²) in [7, 11) is 0. The molecule has 2 atom stereocenters. The quantitative estimate of drug-likeness (QED) is 0.785. The van der Waals surface area contributed by atoms with Crippen LogP contribution in [-0.4, -0.2) is 31.1 Å². The molecular formula is C13H17N3O. The summed E-state index contributed by atoms with van der Waals surface area (Å²) in [5.41, 5.74) is 7.75. The van der Waals surface area contributed by atoms with Gasteiger partial charge in [-0.25, -0.2) is 0 Å². The van der Waals surface area contributed by atoms with E-state index in [1.807, 2.05) is 17.0 Å². The lowest BCUT2D eigenvalue weighted by atomic mass is 9.90. The average Bonchev–Trinajstić information content (AvgIpc) is 2.29. The van der Waals surface area contributed by atoms with Gasteiger partial charge in [0.2, 0.25) is 5.91 Å². The molecular weight excluding hydrogens is 214 g/mol. The third-order valence-corrected chi connectivity index (χ3v) is 3.61. The van der Waals surface area contributed by atoms with Gasteiger partial charge in [-0.1, -0.05) is 12.1 Å². The first-order valence-corrected chi connectivity index (χ1v) is 6.14. The van der Waals surface area contributed by atoms with Crippen molar-refractivity contribution in [3.05, 3.63) is 29.8 Å². The summed E-state index contributed by atoms with van der Waals surface area (Å²) in [6.45, 7) is 1.46. The van der Waals surface area contributed by atoms with Crippen molar-refractivity contribution in [3.63, 3.8) is 0 Å². The number of rotatable bonds is 3. The van der Waals surface area contributed by atoms with E-state index in [1.165, 1.54) is 5.56 Å². The number of piperazine rings is 1. The summed E-state index contributed by atoms with van der Waals surface area (Å²) < 4.78 is 0. The van der Waals surface area contributed by atoms with Crippen LogP contribution in [0.1, 0.15) is 12.0 Å². The Bertz CT molecular complexity index is 423. The Balaban J connectivity index is 1.77. The van der Waals surface area contributed by atoms with Crippen molar-refractivity contribution >= 4 is 11.6 Å². The van der Waals surface area contributed by atoms with Crippen molar-refractivity contribution in [2.24, 2.45) is 5.73 Å². The van der Waals surface area contributed by atoms with Crippen LogP contribution in [0, 0.1) is 0 Å². The predicted molar refractivity (Wildman–Crippen MR) is 66.9 cm³/mol. The normalized spacial score (nSPS) is 26.9. The van der Waals surface area contributed by atoms with Gasteiger partial charge in [-0.15, -0.1) is 0 Å². The fraction of sp³-hybridized carbons (Fsp3) is 0.462. The van der Waals surface area contributed by atoms with Crippen LogP contribution >= 0.6 is 0 Å².